The molecule has 0 unspecified atom stereocenters. The summed E-state index contributed by atoms with van der Waals surface area (Å²) in [7, 11) is 0. The Morgan fingerprint density at radius 2 is 1.31 bits per heavy atom. The van der Waals surface area contributed by atoms with Crippen LogP contribution < -0.4 is 0 Å². The predicted octanol–water partition coefficient (Wildman–Crippen LogP) is 2.16. The number of rotatable bonds is 2. The highest BCUT2D eigenvalue weighted by Gasteiger charge is 2.31. The van der Waals surface area contributed by atoms with Gasteiger partial charge in [0.25, 0.3) is 5.78 Å². The molecule has 0 saturated carbocycles. The zero-order chi connectivity index (χ0) is 12.6. The Bertz CT molecular complexity index is 472. The highest BCUT2D eigenvalue weighted by Crippen LogP contribution is 2.27. The van der Waals surface area contributed by atoms with Gasteiger partial charge in [0.1, 0.15) is 10.6 Å². The molecule has 0 amide bonds. The summed E-state index contributed by atoms with van der Waals surface area (Å²) in [6.07, 6.45) is 0. The van der Waals surface area contributed by atoms with Crippen LogP contribution in [0.1, 0.15) is 10.4 Å². The minimum absolute atomic E-state index is 1.49. The van der Waals surface area contributed by atoms with Crippen LogP contribution in [0, 0.1) is 23.3 Å². The van der Waals surface area contributed by atoms with Crippen LogP contribution in [0.2, 0.25) is 5.02 Å². The van der Waals surface area contributed by atoms with Crippen molar-refractivity contribution in [3.05, 3.63) is 33.9 Å². The highest BCUT2D eigenvalue weighted by atomic mass is 35.5. The highest BCUT2D eigenvalue weighted by molar-refractivity contribution is 6.40. The summed E-state index contributed by atoms with van der Waals surface area (Å²) in [5.41, 5.74) is -1.83. The Morgan fingerprint density at radius 3 is 1.62 bits per heavy atom. The van der Waals surface area contributed by atoms with Crippen LogP contribution in [-0.2, 0) is 4.79 Å². The molecule has 0 fully saturated rings. The van der Waals surface area contributed by atoms with E-state index in [0.29, 0.717) is 0 Å². The van der Waals surface area contributed by atoms with Gasteiger partial charge >= 0.3 is 5.97 Å². The van der Waals surface area contributed by atoms with Crippen LogP contribution in [0.3, 0.4) is 0 Å². The molecule has 0 heterocycles. The number of carbonyl (C=O) groups excluding carboxylic acids is 1. The summed E-state index contributed by atoms with van der Waals surface area (Å²) in [4.78, 5) is 20.9. The van der Waals surface area contributed by atoms with Crippen molar-refractivity contribution in [3.63, 3.8) is 0 Å². The first-order valence-electron chi connectivity index (χ1n) is 3.58. The van der Waals surface area contributed by atoms with Crippen LogP contribution in [0.5, 0.6) is 0 Å². The standard InChI is InChI=1S/C8HClF4O3/c9-2-5(12)3(10)1(4(11)6(2)13)7(14)8(15)16/h(H,15,16). The number of hydrogen-bond acceptors (Lipinski definition) is 2. The fraction of sp³-hybridized carbons (Fsp3) is 0. The molecule has 1 aromatic carbocycles. The van der Waals surface area contributed by atoms with Gasteiger partial charge in [0.2, 0.25) is 0 Å². The van der Waals surface area contributed by atoms with Gasteiger partial charge in [-0.05, 0) is 0 Å². The predicted molar refractivity (Wildman–Crippen MR) is 43.3 cm³/mol. The fourth-order valence-electron chi connectivity index (χ4n) is 0.911. The molecule has 8 heteroatoms. The van der Waals surface area contributed by atoms with E-state index < -0.39 is 45.6 Å². The van der Waals surface area contributed by atoms with Crippen LogP contribution in [0.25, 0.3) is 0 Å². The van der Waals surface area contributed by atoms with Crippen LogP contribution >= 0.6 is 11.6 Å². The summed E-state index contributed by atoms with van der Waals surface area (Å²) < 4.78 is 51.5. The van der Waals surface area contributed by atoms with Gasteiger partial charge < -0.3 is 5.11 Å². The molecule has 0 aliphatic heterocycles. The molecular weight excluding hydrogens is 256 g/mol. The molecule has 0 aliphatic rings. The third kappa shape index (κ3) is 1.73. The molecule has 0 radical (unpaired) electrons. The number of carbonyl (C=O) groups is 2. The Labute approximate surface area is 90.2 Å². The van der Waals surface area contributed by atoms with Gasteiger partial charge in [0.05, 0.1) is 0 Å². The van der Waals surface area contributed by atoms with Crippen molar-refractivity contribution >= 4 is 23.4 Å². The lowest BCUT2D eigenvalue weighted by Gasteiger charge is -2.05. The van der Waals surface area contributed by atoms with Crippen molar-refractivity contribution in [1.29, 1.82) is 0 Å². The third-order valence-electron chi connectivity index (χ3n) is 1.63. The van der Waals surface area contributed by atoms with Gasteiger partial charge in [-0.3, -0.25) is 4.79 Å². The second-order valence-corrected chi connectivity index (χ2v) is 2.96. The van der Waals surface area contributed by atoms with Crippen molar-refractivity contribution in [3.8, 4) is 0 Å². The number of carboxylic acid groups (broad SMARTS) is 1. The number of ketones is 1. The number of carboxylic acids is 1. The van der Waals surface area contributed by atoms with E-state index in [4.69, 9.17) is 16.7 Å². The third-order valence-corrected chi connectivity index (χ3v) is 1.96. The van der Waals surface area contributed by atoms with Gasteiger partial charge in [-0.1, -0.05) is 11.6 Å². The van der Waals surface area contributed by atoms with Crippen LogP contribution in [-0.4, -0.2) is 16.9 Å². The maximum absolute atomic E-state index is 13.0. The van der Waals surface area contributed by atoms with E-state index in [2.05, 4.69) is 0 Å². The van der Waals surface area contributed by atoms with Gasteiger partial charge in [-0.15, -0.1) is 0 Å². The van der Waals surface area contributed by atoms with Gasteiger partial charge in [0, 0.05) is 0 Å². The van der Waals surface area contributed by atoms with Gasteiger partial charge in [-0.25, -0.2) is 22.4 Å². The van der Waals surface area contributed by atoms with E-state index in [1.165, 1.54) is 0 Å². The van der Waals surface area contributed by atoms with Crippen molar-refractivity contribution in [2.45, 2.75) is 0 Å². The lowest BCUT2D eigenvalue weighted by atomic mass is 10.1. The maximum Gasteiger partial charge on any atom is 0.377 e. The minimum Gasteiger partial charge on any atom is -0.475 e. The molecule has 0 atom stereocenters. The largest absolute Gasteiger partial charge is 0.475 e. The van der Waals surface area contributed by atoms with Gasteiger partial charge in [0.15, 0.2) is 23.3 Å². The van der Waals surface area contributed by atoms with Crippen molar-refractivity contribution in [1.82, 2.24) is 0 Å². The first kappa shape index (κ1) is 12.4. The Balaban J connectivity index is 3.64. The summed E-state index contributed by atoms with van der Waals surface area (Å²) in [6.45, 7) is 0. The van der Waals surface area contributed by atoms with E-state index in [1.807, 2.05) is 0 Å². The second kappa shape index (κ2) is 4.09. The van der Waals surface area contributed by atoms with E-state index in [1.54, 1.807) is 0 Å². The van der Waals surface area contributed by atoms with Crippen molar-refractivity contribution < 1.29 is 32.3 Å². The number of Topliss-reactive ketones (excluding diaryl/α,β-unsaturated/α-hetero) is 1. The first-order valence-corrected chi connectivity index (χ1v) is 3.95. The lowest BCUT2D eigenvalue weighted by molar-refractivity contribution is -0.131. The summed E-state index contributed by atoms with van der Waals surface area (Å²) in [6, 6.07) is 0. The number of halogens is 5. The Hall–Kier alpha value is -1.63. The van der Waals surface area contributed by atoms with E-state index >= 15 is 0 Å². The maximum atomic E-state index is 13.0. The van der Waals surface area contributed by atoms with Gasteiger partial charge in [-0.2, -0.15) is 0 Å². The molecule has 1 aromatic rings. The van der Waals surface area contributed by atoms with Crippen LogP contribution in [0.4, 0.5) is 17.6 Å². The molecule has 86 valence electrons. The SMILES string of the molecule is O=C(O)C(=O)c1c(F)c(F)c(Cl)c(F)c1F. The normalized spacial score (nSPS) is 10.3. The zero-order valence-corrected chi connectivity index (χ0v) is 7.91. The molecule has 3 nitrogen and oxygen atoms in total. The Kier molecular flexibility index (Phi) is 3.18. The Morgan fingerprint density at radius 1 is 0.938 bits per heavy atom. The van der Waals surface area contributed by atoms with Crippen molar-refractivity contribution in [2.24, 2.45) is 0 Å². The molecule has 0 aromatic heterocycles. The summed E-state index contributed by atoms with van der Waals surface area (Å²) >= 11 is 4.86. The smallest absolute Gasteiger partial charge is 0.377 e. The summed E-state index contributed by atoms with van der Waals surface area (Å²) in [5.74, 6) is -12.7. The molecule has 0 aliphatic carbocycles. The number of hydrogen-bond donors (Lipinski definition) is 1. The molecular formula is C8HClF4O3. The average molecular weight is 257 g/mol. The topological polar surface area (TPSA) is 54.4 Å². The zero-order valence-electron chi connectivity index (χ0n) is 7.15. The number of benzene rings is 1. The van der Waals surface area contributed by atoms with Crippen molar-refractivity contribution in [2.75, 3.05) is 0 Å². The van der Waals surface area contributed by atoms with E-state index in [9.17, 15) is 27.2 Å². The second-order valence-electron chi connectivity index (χ2n) is 2.58. The fourth-order valence-corrected chi connectivity index (χ4v) is 1.08. The van der Waals surface area contributed by atoms with E-state index in [-0.39, 0.29) is 0 Å². The molecule has 0 bridgehead atoms. The first-order chi connectivity index (χ1) is 7.29. The molecule has 0 saturated heterocycles. The molecule has 16 heavy (non-hydrogen) atoms. The van der Waals surface area contributed by atoms with Crippen LogP contribution in [0.15, 0.2) is 0 Å². The quantitative estimate of drug-likeness (QED) is 0.290. The average Bonchev–Trinajstić information content (AvgIpc) is 2.23. The molecule has 1 rings (SSSR count). The molecule has 0 spiro atoms. The minimum atomic E-state index is -2.25. The lowest BCUT2D eigenvalue weighted by Crippen LogP contribution is -2.18. The summed E-state index contributed by atoms with van der Waals surface area (Å²) in [5, 5.41) is 6.69. The molecule has 1 N–H and O–H groups in total. The number of aliphatic carboxylic acids is 1. The van der Waals surface area contributed by atoms with E-state index in [0.717, 1.165) is 0 Å². The monoisotopic (exact) mass is 256 g/mol.